The molecule has 2 aliphatic rings. The molecule has 3 aromatic rings. The van der Waals surface area contributed by atoms with Crippen LogP contribution in [0.15, 0.2) is 72.8 Å². The predicted octanol–water partition coefficient (Wildman–Crippen LogP) is 6.80. The smallest absolute Gasteiger partial charge is 0.258 e. The lowest BCUT2D eigenvalue weighted by molar-refractivity contribution is -0.122. The minimum absolute atomic E-state index is 0.0386. The highest BCUT2D eigenvalue weighted by atomic mass is 35.5. The van der Waals surface area contributed by atoms with E-state index in [1.807, 2.05) is 30.3 Å². The van der Waals surface area contributed by atoms with Gasteiger partial charge in [-0.15, -0.1) is 23.2 Å². The van der Waals surface area contributed by atoms with Crippen LogP contribution in [0.25, 0.3) is 0 Å². The quantitative estimate of drug-likeness (QED) is 0.110. The first-order valence-corrected chi connectivity index (χ1v) is 12.7. The van der Waals surface area contributed by atoms with E-state index in [0.717, 1.165) is 5.56 Å². The number of phenolic OH excluding ortho intramolecular Hbond substituents is 1. The fourth-order valence-corrected chi connectivity index (χ4v) is 5.98. The van der Waals surface area contributed by atoms with Crippen molar-refractivity contribution in [1.82, 2.24) is 0 Å². The Balaban J connectivity index is 1.61. The summed E-state index contributed by atoms with van der Waals surface area (Å²) in [4.78, 5) is 22.1. The molecule has 1 aliphatic carbocycles. The Morgan fingerprint density at radius 3 is 2.15 bits per heavy atom. The fraction of sp³-hybridized carbons (Fsp3) is 0.172. The Morgan fingerprint density at radius 2 is 1.56 bits per heavy atom. The van der Waals surface area contributed by atoms with Gasteiger partial charge >= 0.3 is 0 Å². The van der Waals surface area contributed by atoms with Crippen molar-refractivity contribution in [3.8, 4) is 11.5 Å². The number of fused-ring (bicyclic) bond motifs is 1. The molecule has 0 radical (unpaired) electrons. The minimum atomic E-state index is -2.59. The number of alkyl halides is 2. The minimum Gasteiger partial charge on any atom is -0.508 e. The lowest BCUT2D eigenvalue weighted by Gasteiger charge is -2.42. The van der Waals surface area contributed by atoms with E-state index in [9.17, 15) is 36.6 Å². The number of carbonyl (C=O) groups excluding carboxylic acids is 2. The van der Waals surface area contributed by atoms with Gasteiger partial charge < -0.3 is 9.84 Å². The van der Waals surface area contributed by atoms with Gasteiger partial charge in [-0.05, 0) is 23.6 Å². The summed E-state index contributed by atoms with van der Waals surface area (Å²) in [6.07, 6.45) is 2.20. The largest absolute Gasteiger partial charge is 0.508 e. The van der Waals surface area contributed by atoms with Crippen LogP contribution in [-0.2, 0) is 16.2 Å². The third-order valence-electron chi connectivity index (χ3n) is 7.19. The second-order valence-corrected chi connectivity index (χ2v) is 10.7. The molecular weight excluding hydrogens is 592 g/mol. The maximum absolute atomic E-state index is 14.8. The summed E-state index contributed by atoms with van der Waals surface area (Å²) in [5, 5.41) is 11.0. The van der Waals surface area contributed by atoms with Crippen molar-refractivity contribution in [1.29, 1.82) is 0 Å². The number of rotatable bonds is 6. The van der Waals surface area contributed by atoms with Crippen LogP contribution in [0, 0.1) is 29.1 Å². The Bertz CT molecular complexity index is 1620. The summed E-state index contributed by atoms with van der Waals surface area (Å²) < 4.78 is 77.0. The van der Waals surface area contributed by atoms with Gasteiger partial charge in [-0.1, -0.05) is 55.1 Å². The van der Waals surface area contributed by atoms with Crippen molar-refractivity contribution in [2.24, 2.45) is 0 Å². The van der Waals surface area contributed by atoms with Crippen molar-refractivity contribution < 1.29 is 41.4 Å². The zero-order valence-corrected chi connectivity index (χ0v) is 22.2. The summed E-state index contributed by atoms with van der Waals surface area (Å²) in [5.74, 6) is -16.8. The number of imide groups is 1. The van der Waals surface area contributed by atoms with Gasteiger partial charge in [0.1, 0.15) is 23.8 Å². The highest BCUT2D eigenvalue weighted by Crippen LogP contribution is 2.61. The lowest BCUT2D eigenvalue weighted by atomic mass is 9.68. The first-order chi connectivity index (χ1) is 19.4. The summed E-state index contributed by atoms with van der Waals surface area (Å²) in [5.41, 5.74) is -0.790. The second-order valence-electron chi connectivity index (χ2n) is 9.42. The number of anilines is 1. The molecule has 0 saturated carbocycles. The molecule has 1 heterocycles. The summed E-state index contributed by atoms with van der Waals surface area (Å²) >= 11 is 13.5. The van der Waals surface area contributed by atoms with Gasteiger partial charge in [-0.25, -0.2) is 26.9 Å². The molecule has 212 valence electrons. The predicted molar refractivity (Wildman–Crippen MR) is 140 cm³/mol. The summed E-state index contributed by atoms with van der Waals surface area (Å²) in [7, 11) is 0. The molecule has 12 heteroatoms. The van der Waals surface area contributed by atoms with E-state index in [2.05, 4.69) is 6.58 Å². The average Bonchev–Trinajstić information content (AvgIpc) is 3.12. The first-order valence-electron chi connectivity index (χ1n) is 12.0. The van der Waals surface area contributed by atoms with Crippen molar-refractivity contribution in [2.45, 2.75) is 28.7 Å². The normalized spacial score (nSPS) is 23.8. The SMILES string of the molecule is C=CC1=CCC2(Cl)C(=O)N(c3c(F)c(F)c(F)c(F)c3F)C(=O)C2(Cl)C1c1ccc(OCc2ccccc2)cc1O. The van der Waals surface area contributed by atoms with Crippen LogP contribution in [0.4, 0.5) is 27.6 Å². The van der Waals surface area contributed by atoms with E-state index in [0.29, 0.717) is 0 Å². The van der Waals surface area contributed by atoms with Gasteiger partial charge in [-0.3, -0.25) is 9.59 Å². The molecule has 0 spiro atoms. The summed E-state index contributed by atoms with van der Waals surface area (Å²) in [6.45, 7) is 3.84. The molecule has 3 atom stereocenters. The molecule has 1 N–H and O–H groups in total. The zero-order chi connectivity index (χ0) is 29.9. The number of carbonyl (C=O) groups is 2. The third kappa shape index (κ3) is 4.11. The van der Waals surface area contributed by atoms with E-state index in [1.165, 1.54) is 30.4 Å². The van der Waals surface area contributed by atoms with Crippen LogP contribution in [0.3, 0.4) is 0 Å². The molecule has 1 saturated heterocycles. The number of halogens is 7. The van der Waals surface area contributed by atoms with E-state index in [1.54, 1.807) is 0 Å². The third-order valence-corrected chi connectivity index (χ3v) is 8.60. The average molecular weight is 610 g/mol. The highest BCUT2D eigenvalue weighted by molar-refractivity contribution is 6.58. The molecule has 0 aromatic heterocycles. The van der Waals surface area contributed by atoms with Crippen LogP contribution in [0.5, 0.6) is 11.5 Å². The van der Waals surface area contributed by atoms with Gasteiger partial charge in [0.05, 0.1) is 0 Å². The van der Waals surface area contributed by atoms with Gasteiger partial charge in [0, 0.05) is 17.5 Å². The maximum Gasteiger partial charge on any atom is 0.258 e. The van der Waals surface area contributed by atoms with Gasteiger partial charge in [0.15, 0.2) is 33.0 Å². The van der Waals surface area contributed by atoms with E-state index in [4.69, 9.17) is 27.9 Å². The number of nitrogens with zero attached hydrogens (tertiary/aromatic N) is 1. The molecule has 1 fully saturated rings. The molecule has 3 aromatic carbocycles. The van der Waals surface area contributed by atoms with Crippen LogP contribution in [-0.4, -0.2) is 26.7 Å². The number of ether oxygens (including phenoxy) is 1. The van der Waals surface area contributed by atoms with Gasteiger partial charge in [-0.2, -0.15) is 0 Å². The van der Waals surface area contributed by atoms with Crippen LogP contribution in [0.2, 0.25) is 0 Å². The number of phenols is 1. The van der Waals surface area contributed by atoms with Crippen molar-refractivity contribution in [3.63, 3.8) is 0 Å². The zero-order valence-electron chi connectivity index (χ0n) is 20.7. The Labute approximate surface area is 240 Å². The van der Waals surface area contributed by atoms with Crippen molar-refractivity contribution in [2.75, 3.05) is 4.90 Å². The van der Waals surface area contributed by atoms with Crippen molar-refractivity contribution >= 4 is 40.7 Å². The Kier molecular flexibility index (Phi) is 7.11. The van der Waals surface area contributed by atoms with Crippen LogP contribution in [0.1, 0.15) is 23.5 Å². The molecule has 3 unspecified atom stereocenters. The molecule has 5 nitrogen and oxygen atoms in total. The molecular formula is C29H18Cl2F5NO4. The Morgan fingerprint density at radius 1 is 0.951 bits per heavy atom. The van der Waals surface area contributed by atoms with Gasteiger partial charge in [0.25, 0.3) is 11.8 Å². The van der Waals surface area contributed by atoms with Crippen LogP contribution >= 0.6 is 23.2 Å². The number of hydrogen-bond donors (Lipinski definition) is 1. The van der Waals surface area contributed by atoms with Gasteiger partial charge in [0.2, 0.25) is 5.82 Å². The fourth-order valence-electron chi connectivity index (χ4n) is 5.14. The number of aromatic hydroxyl groups is 1. The monoisotopic (exact) mass is 609 g/mol. The number of allylic oxidation sites excluding steroid dienone is 3. The first kappa shape index (κ1) is 28.6. The molecule has 0 bridgehead atoms. The lowest BCUT2D eigenvalue weighted by Crippen LogP contribution is -2.54. The Hall–Kier alpha value is -3.89. The molecule has 2 amide bonds. The standard InChI is InChI=1S/C29H18Cl2F5NO4/c1-2-15-10-11-28(30)26(39)37(25-23(35)21(33)20(32)22(34)24(25)36)27(40)29(28,31)19(15)17-9-8-16(12-18(17)38)41-13-14-6-4-3-5-7-14/h2-10,12,19,38H,1,11,13H2. The number of benzene rings is 3. The molecule has 41 heavy (non-hydrogen) atoms. The van der Waals surface area contributed by atoms with Crippen molar-refractivity contribution in [3.05, 3.63) is 113 Å². The van der Waals surface area contributed by atoms with E-state index < -0.39 is 74.4 Å². The maximum atomic E-state index is 14.8. The number of amides is 2. The molecule has 1 aliphatic heterocycles. The summed E-state index contributed by atoms with van der Waals surface area (Å²) in [6, 6.07) is 13.2. The van der Waals surface area contributed by atoms with Crippen LogP contribution < -0.4 is 9.64 Å². The van der Waals surface area contributed by atoms with E-state index in [-0.39, 0.29) is 28.4 Å². The van der Waals surface area contributed by atoms with E-state index >= 15 is 0 Å². The highest BCUT2D eigenvalue weighted by Gasteiger charge is 2.74. The molecule has 5 rings (SSSR count). The number of hydrogen-bond acceptors (Lipinski definition) is 4. The second kappa shape index (κ2) is 10.2. The topological polar surface area (TPSA) is 66.8 Å².